The van der Waals surface area contributed by atoms with Crippen LogP contribution in [0.15, 0.2) is 40.9 Å². The topological polar surface area (TPSA) is 65.3 Å². The van der Waals surface area contributed by atoms with Gasteiger partial charge in [-0.25, -0.2) is 4.39 Å². The number of fused-ring (bicyclic) bond motifs is 1. The molecule has 2 fully saturated rings. The molecule has 184 valence electrons. The Kier molecular flexibility index (Phi) is 8.69. The molecule has 0 heterocycles. The van der Waals surface area contributed by atoms with Crippen molar-refractivity contribution in [3.63, 3.8) is 0 Å². The highest BCUT2D eigenvalue weighted by Crippen LogP contribution is 2.46. The molecule has 1 aromatic carbocycles. The lowest BCUT2D eigenvalue weighted by Gasteiger charge is -2.31. The Morgan fingerprint density at radius 3 is 2.71 bits per heavy atom. The van der Waals surface area contributed by atoms with Crippen molar-refractivity contribution in [1.82, 2.24) is 5.32 Å². The Labute approximate surface area is 204 Å². The Morgan fingerprint density at radius 1 is 1.24 bits per heavy atom. The zero-order valence-electron chi connectivity index (χ0n) is 20.6. The van der Waals surface area contributed by atoms with E-state index in [1.807, 2.05) is 0 Å². The van der Waals surface area contributed by atoms with Crippen molar-refractivity contribution in [1.29, 1.82) is 5.41 Å². The van der Waals surface area contributed by atoms with Gasteiger partial charge in [-0.3, -0.25) is 9.79 Å². The molecule has 0 saturated heterocycles. The van der Waals surface area contributed by atoms with Gasteiger partial charge in [0.1, 0.15) is 5.82 Å². The summed E-state index contributed by atoms with van der Waals surface area (Å²) in [6.45, 7) is 2.20. The average molecular weight is 466 g/mol. The van der Waals surface area contributed by atoms with E-state index in [4.69, 9.17) is 10.4 Å². The summed E-state index contributed by atoms with van der Waals surface area (Å²) in [6, 6.07) is 6.49. The molecule has 1 amide bonds. The highest BCUT2D eigenvalue weighted by atomic mass is 19.1. The largest absolute Gasteiger partial charge is 0.353 e. The Bertz CT molecular complexity index is 900. The van der Waals surface area contributed by atoms with E-state index in [1.165, 1.54) is 49.6 Å². The van der Waals surface area contributed by atoms with Crippen LogP contribution in [0.2, 0.25) is 0 Å². The third-order valence-corrected chi connectivity index (χ3v) is 8.20. The van der Waals surface area contributed by atoms with Crippen molar-refractivity contribution in [2.75, 3.05) is 0 Å². The third kappa shape index (κ3) is 6.43. The molecule has 0 aliphatic heterocycles. The molecule has 0 aromatic heterocycles. The number of nitrogens with zero attached hydrogens (tertiary/aromatic N) is 1. The van der Waals surface area contributed by atoms with E-state index in [0.29, 0.717) is 18.3 Å². The maximum Gasteiger partial charge on any atom is 0.220 e. The van der Waals surface area contributed by atoms with E-state index in [1.54, 1.807) is 12.1 Å². The summed E-state index contributed by atoms with van der Waals surface area (Å²) in [7, 11) is 0. The van der Waals surface area contributed by atoms with Gasteiger partial charge in [-0.2, -0.15) is 0 Å². The van der Waals surface area contributed by atoms with Gasteiger partial charge >= 0.3 is 0 Å². The highest BCUT2D eigenvalue weighted by Gasteiger charge is 2.38. The van der Waals surface area contributed by atoms with Gasteiger partial charge in [0.15, 0.2) is 0 Å². The van der Waals surface area contributed by atoms with Gasteiger partial charge in [0.25, 0.3) is 0 Å². The number of benzene rings is 1. The van der Waals surface area contributed by atoms with Crippen LogP contribution in [0, 0.1) is 34.9 Å². The van der Waals surface area contributed by atoms with Crippen LogP contribution in [0.4, 0.5) is 10.1 Å². The lowest BCUT2D eigenvalue weighted by Crippen LogP contribution is -2.37. The van der Waals surface area contributed by atoms with Gasteiger partial charge in [-0.1, -0.05) is 44.6 Å². The summed E-state index contributed by atoms with van der Waals surface area (Å²) in [5.74, 6) is 1.73. The minimum Gasteiger partial charge on any atom is -0.353 e. The molecule has 4 unspecified atom stereocenters. The Balaban J connectivity index is 1.38. The molecule has 0 bridgehead atoms. The van der Waals surface area contributed by atoms with Crippen LogP contribution in [-0.4, -0.2) is 23.9 Å². The van der Waals surface area contributed by atoms with E-state index in [0.717, 1.165) is 62.3 Å². The smallest absolute Gasteiger partial charge is 0.220 e. The predicted molar refractivity (Wildman–Crippen MR) is 137 cm³/mol. The molecule has 5 heteroatoms. The van der Waals surface area contributed by atoms with Gasteiger partial charge in [0.05, 0.1) is 5.69 Å². The van der Waals surface area contributed by atoms with Gasteiger partial charge in [-0.05, 0) is 86.6 Å². The quantitative estimate of drug-likeness (QED) is 0.354. The number of hydrogen-bond donors (Lipinski definition) is 2. The number of hydrogen-bond acceptors (Lipinski definition) is 3. The molecule has 1 aromatic rings. The predicted octanol–water partition coefficient (Wildman–Crippen LogP) is 7.17. The zero-order chi connectivity index (χ0) is 23.9. The second-order valence-electron chi connectivity index (χ2n) is 10.6. The fourth-order valence-electron chi connectivity index (χ4n) is 6.37. The van der Waals surface area contributed by atoms with E-state index in [9.17, 15) is 9.18 Å². The van der Waals surface area contributed by atoms with Gasteiger partial charge in [-0.15, -0.1) is 0 Å². The van der Waals surface area contributed by atoms with Gasteiger partial charge in [0.2, 0.25) is 5.91 Å². The van der Waals surface area contributed by atoms with Gasteiger partial charge in [0, 0.05) is 30.3 Å². The molecular weight excluding hydrogens is 425 g/mol. The minimum atomic E-state index is -0.263. The maximum atomic E-state index is 13.3. The summed E-state index contributed by atoms with van der Waals surface area (Å²) in [6.07, 6.45) is 16.9. The lowest BCUT2D eigenvalue weighted by atomic mass is 9.76. The molecule has 2 saturated carbocycles. The number of carbonyl (C=O) groups is 1. The number of amides is 1. The number of halogens is 1. The summed E-state index contributed by atoms with van der Waals surface area (Å²) >= 11 is 0. The number of carbonyl (C=O) groups excluding carboxylic acids is 1. The summed E-state index contributed by atoms with van der Waals surface area (Å²) in [5, 5.41) is 11.4. The highest BCUT2D eigenvalue weighted by molar-refractivity contribution is 6.07. The molecule has 2 N–H and O–H groups in total. The first kappa shape index (κ1) is 24.8. The fourth-order valence-corrected chi connectivity index (χ4v) is 6.37. The number of allylic oxidation sites excluding steroid dienone is 2. The second-order valence-corrected chi connectivity index (χ2v) is 10.6. The van der Waals surface area contributed by atoms with Crippen molar-refractivity contribution >= 4 is 23.5 Å². The van der Waals surface area contributed by atoms with Crippen LogP contribution in [0.1, 0.15) is 84.0 Å². The standard InChI is InChI=1S/C29H40FN3O/c1-2-5-26(33-29(34)15-8-20-6-3-4-7-20)16-21-9-10-22-18-28(23(19-31)17-27(21)22)32-25-13-11-24(30)12-14-25/h11-14,18-21,23,26-27,31H,2-10,15-17H2,1H3,(H,33,34). The Morgan fingerprint density at radius 2 is 2.00 bits per heavy atom. The zero-order valence-corrected chi connectivity index (χ0v) is 20.6. The number of nitrogens with one attached hydrogen (secondary N) is 2. The van der Waals surface area contributed by atoms with Crippen molar-refractivity contribution in [2.24, 2.45) is 28.7 Å². The monoisotopic (exact) mass is 465 g/mol. The van der Waals surface area contributed by atoms with Crippen molar-refractivity contribution in [2.45, 2.75) is 90.0 Å². The molecule has 4 rings (SSSR count). The van der Waals surface area contributed by atoms with E-state index in [2.05, 4.69) is 18.3 Å². The normalized spacial score (nSPS) is 26.8. The maximum absolute atomic E-state index is 13.3. The first-order valence-corrected chi connectivity index (χ1v) is 13.4. The third-order valence-electron chi connectivity index (χ3n) is 8.20. The summed E-state index contributed by atoms with van der Waals surface area (Å²) < 4.78 is 13.3. The SMILES string of the molecule is CCCC(CC1CCC2=CC(=Nc3ccc(F)cc3)C(C=N)CC21)NC(=O)CCC1CCCC1. The number of aliphatic imine (C=N–C) groups is 1. The van der Waals surface area contributed by atoms with Crippen molar-refractivity contribution in [3.8, 4) is 0 Å². The van der Waals surface area contributed by atoms with E-state index in [-0.39, 0.29) is 23.7 Å². The average Bonchev–Trinajstić information content (AvgIpc) is 3.49. The molecule has 0 radical (unpaired) electrons. The molecule has 34 heavy (non-hydrogen) atoms. The van der Waals surface area contributed by atoms with Crippen LogP contribution in [0.3, 0.4) is 0 Å². The lowest BCUT2D eigenvalue weighted by molar-refractivity contribution is -0.122. The molecule has 4 atom stereocenters. The number of rotatable bonds is 10. The van der Waals surface area contributed by atoms with Gasteiger partial charge < -0.3 is 10.7 Å². The van der Waals surface area contributed by atoms with Crippen LogP contribution < -0.4 is 5.32 Å². The van der Waals surface area contributed by atoms with Crippen LogP contribution >= 0.6 is 0 Å². The molecule has 4 nitrogen and oxygen atoms in total. The van der Waals surface area contributed by atoms with Crippen LogP contribution in [0.25, 0.3) is 0 Å². The summed E-state index contributed by atoms with van der Waals surface area (Å²) in [5.41, 5.74) is 3.09. The molecule has 3 aliphatic carbocycles. The second kappa shape index (κ2) is 11.9. The van der Waals surface area contributed by atoms with Crippen molar-refractivity contribution < 1.29 is 9.18 Å². The van der Waals surface area contributed by atoms with E-state index >= 15 is 0 Å². The first-order chi connectivity index (χ1) is 16.6. The molecular formula is C29H40FN3O. The van der Waals surface area contributed by atoms with Crippen molar-refractivity contribution in [3.05, 3.63) is 41.7 Å². The fraction of sp³-hybridized carbons (Fsp3) is 0.621. The molecule has 0 spiro atoms. The first-order valence-electron chi connectivity index (χ1n) is 13.4. The Hall–Kier alpha value is -2.30. The summed E-state index contributed by atoms with van der Waals surface area (Å²) in [4.78, 5) is 17.4. The van der Waals surface area contributed by atoms with E-state index < -0.39 is 0 Å². The molecule has 3 aliphatic rings. The van der Waals surface area contributed by atoms with Crippen LogP contribution in [-0.2, 0) is 4.79 Å². The minimum absolute atomic E-state index is 0.00923. The van der Waals surface area contributed by atoms with Crippen LogP contribution in [0.5, 0.6) is 0 Å².